The maximum Gasteiger partial charge on any atom is 0.228 e. The van der Waals surface area contributed by atoms with Gasteiger partial charge in [0, 0.05) is 51.0 Å². The van der Waals surface area contributed by atoms with Crippen molar-refractivity contribution in [2.45, 2.75) is 26.2 Å². The van der Waals surface area contributed by atoms with Crippen molar-refractivity contribution in [3.8, 4) is 0 Å². The van der Waals surface area contributed by atoms with Gasteiger partial charge in [0.15, 0.2) is 0 Å². The maximum absolute atomic E-state index is 13.0. The van der Waals surface area contributed by atoms with E-state index in [2.05, 4.69) is 35.9 Å². The molecule has 29 heavy (non-hydrogen) atoms. The predicted molar refractivity (Wildman–Crippen MR) is 114 cm³/mol. The Labute approximate surface area is 172 Å². The fourth-order valence-corrected chi connectivity index (χ4v) is 4.12. The van der Waals surface area contributed by atoms with Crippen molar-refractivity contribution < 1.29 is 9.59 Å². The first-order chi connectivity index (χ1) is 14.0. The second-order valence-corrected chi connectivity index (χ2v) is 8.15. The van der Waals surface area contributed by atoms with Crippen molar-refractivity contribution in [1.82, 2.24) is 9.88 Å². The summed E-state index contributed by atoms with van der Waals surface area (Å²) in [5.41, 5.74) is 2.13. The Morgan fingerprint density at radius 1 is 1.03 bits per heavy atom. The molecule has 0 spiro atoms. The number of nitrogens with zero attached hydrogens (tertiary/aromatic N) is 4. The molecule has 6 heteroatoms. The molecule has 2 saturated heterocycles. The van der Waals surface area contributed by atoms with E-state index in [1.54, 1.807) is 11.1 Å². The van der Waals surface area contributed by atoms with Gasteiger partial charge in [-0.1, -0.05) is 32.0 Å². The summed E-state index contributed by atoms with van der Waals surface area (Å²) in [5, 5.41) is 0. The Morgan fingerprint density at radius 2 is 1.76 bits per heavy atom. The molecule has 2 aromatic rings. The number of amides is 2. The predicted octanol–water partition coefficient (Wildman–Crippen LogP) is 2.91. The van der Waals surface area contributed by atoms with Crippen LogP contribution in [0.3, 0.4) is 0 Å². The van der Waals surface area contributed by atoms with E-state index in [4.69, 9.17) is 0 Å². The van der Waals surface area contributed by atoms with Gasteiger partial charge in [-0.3, -0.25) is 9.59 Å². The molecule has 0 radical (unpaired) electrons. The van der Waals surface area contributed by atoms with Crippen LogP contribution in [0.1, 0.15) is 31.7 Å². The lowest BCUT2D eigenvalue weighted by atomic mass is 10.0. The monoisotopic (exact) mass is 392 g/mol. The van der Waals surface area contributed by atoms with E-state index in [9.17, 15) is 9.59 Å². The first-order valence-electron chi connectivity index (χ1n) is 10.4. The normalized spacial score (nSPS) is 19.9. The number of anilines is 2. The molecule has 2 amide bonds. The molecule has 2 aliphatic rings. The van der Waals surface area contributed by atoms with Gasteiger partial charge < -0.3 is 14.7 Å². The summed E-state index contributed by atoms with van der Waals surface area (Å²) in [6.45, 7) is 7.65. The van der Waals surface area contributed by atoms with Crippen molar-refractivity contribution in [2.75, 3.05) is 42.5 Å². The molecule has 1 aromatic heterocycles. The number of benzene rings is 1. The molecular weight excluding hydrogens is 364 g/mol. The number of aromatic nitrogens is 1. The Balaban J connectivity index is 1.36. The van der Waals surface area contributed by atoms with Gasteiger partial charge >= 0.3 is 0 Å². The molecule has 3 heterocycles. The van der Waals surface area contributed by atoms with Crippen molar-refractivity contribution in [3.63, 3.8) is 0 Å². The zero-order valence-electron chi connectivity index (χ0n) is 17.1. The first-order valence-corrected chi connectivity index (χ1v) is 10.4. The minimum Gasteiger partial charge on any atom is -0.353 e. The van der Waals surface area contributed by atoms with Crippen LogP contribution in [0.5, 0.6) is 0 Å². The van der Waals surface area contributed by atoms with E-state index in [0.29, 0.717) is 32.0 Å². The minimum absolute atomic E-state index is 0.0350. The highest BCUT2D eigenvalue weighted by Gasteiger charge is 2.38. The van der Waals surface area contributed by atoms with E-state index in [1.165, 1.54) is 5.56 Å². The maximum atomic E-state index is 13.0. The van der Waals surface area contributed by atoms with E-state index in [0.717, 1.165) is 24.6 Å². The van der Waals surface area contributed by atoms with Crippen LogP contribution in [0, 0.1) is 5.92 Å². The second-order valence-electron chi connectivity index (χ2n) is 8.15. The number of pyridine rings is 1. The highest BCUT2D eigenvalue weighted by atomic mass is 16.2. The molecule has 2 fully saturated rings. The Morgan fingerprint density at radius 3 is 2.38 bits per heavy atom. The highest BCUT2D eigenvalue weighted by molar-refractivity contribution is 6.00. The Kier molecular flexibility index (Phi) is 5.51. The quantitative estimate of drug-likeness (QED) is 0.803. The van der Waals surface area contributed by atoms with E-state index < -0.39 is 0 Å². The molecule has 152 valence electrons. The smallest absolute Gasteiger partial charge is 0.228 e. The molecule has 4 rings (SSSR count). The summed E-state index contributed by atoms with van der Waals surface area (Å²) in [7, 11) is 0. The summed E-state index contributed by atoms with van der Waals surface area (Å²) in [4.78, 5) is 35.8. The fraction of sp³-hybridized carbons (Fsp3) is 0.435. The van der Waals surface area contributed by atoms with Gasteiger partial charge in [-0.05, 0) is 35.7 Å². The molecule has 1 atom stereocenters. The third kappa shape index (κ3) is 4.11. The molecule has 0 N–H and O–H groups in total. The third-order valence-corrected chi connectivity index (χ3v) is 5.91. The highest BCUT2D eigenvalue weighted by Crippen LogP contribution is 2.28. The van der Waals surface area contributed by atoms with E-state index >= 15 is 0 Å². The minimum atomic E-state index is -0.256. The lowest BCUT2D eigenvalue weighted by molar-refractivity contribution is -0.136. The van der Waals surface area contributed by atoms with Gasteiger partial charge in [-0.25, -0.2) is 4.98 Å². The molecule has 1 unspecified atom stereocenters. The Bertz CT molecular complexity index is 858. The summed E-state index contributed by atoms with van der Waals surface area (Å²) < 4.78 is 0. The lowest BCUT2D eigenvalue weighted by Crippen LogP contribution is -2.51. The summed E-state index contributed by atoms with van der Waals surface area (Å²) in [5.74, 6) is 1.28. The van der Waals surface area contributed by atoms with Gasteiger partial charge in [-0.2, -0.15) is 0 Å². The third-order valence-electron chi connectivity index (χ3n) is 5.91. The summed E-state index contributed by atoms with van der Waals surface area (Å²) in [6, 6.07) is 14.0. The molecule has 0 aliphatic carbocycles. The SMILES string of the molecule is CC(C)c1ccc(N2CC(C(=O)N3CCN(c4ccccn4)CC3)CC2=O)cc1. The number of hydrogen-bond donors (Lipinski definition) is 0. The topological polar surface area (TPSA) is 56.8 Å². The van der Waals surface area contributed by atoms with Gasteiger partial charge in [0.05, 0.1) is 5.92 Å². The number of hydrogen-bond acceptors (Lipinski definition) is 4. The van der Waals surface area contributed by atoms with Crippen molar-refractivity contribution >= 4 is 23.3 Å². The van der Waals surface area contributed by atoms with Crippen LogP contribution in [-0.4, -0.2) is 54.4 Å². The number of rotatable bonds is 4. The van der Waals surface area contributed by atoms with Crippen molar-refractivity contribution in [2.24, 2.45) is 5.92 Å². The summed E-state index contributed by atoms with van der Waals surface area (Å²) in [6.07, 6.45) is 2.09. The first kappa shape index (κ1) is 19.4. The van der Waals surface area contributed by atoms with Gasteiger partial charge in [-0.15, -0.1) is 0 Å². The zero-order valence-corrected chi connectivity index (χ0v) is 17.1. The Hall–Kier alpha value is -2.89. The van der Waals surface area contributed by atoms with E-state index in [1.807, 2.05) is 35.2 Å². The van der Waals surface area contributed by atoms with Crippen LogP contribution >= 0.6 is 0 Å². The fourth-order valence-electron chi connectivity index (χ4n) is 4.12. The van der Waals surface area contributed by atoms with Crippen LogP contribution in [0.4, 0.5) is 11.5 Å². The number of carbonyl (C=O) groups is 2. The molecular formula is C23H28N4O2. The molecule has 0 bridgehead atoms. The standard InChI is InChI=1S/C23H28N4O2/c1-17(2)18-6-8-20(9-7-18)27-16-19(15-22(27)28)23(29)26-13-11-25(12-14-26)21-5-3-4-10-24-21/h3-10,17,19H,11-16H2,1-2H3. The lowest BCUT2D eigenvalue weighted by Gasteiger charge is -2.36. The van der Waals surface area contributed by atoms with Crippen LogP contribution in [-0.2, 0) is 9.59 Å². The van der Waals surface area contributed by atoms with Crippen LogP contribution < -0.4 is 9.80 Å². The molecule has 1 aromatic carbocycles. The average Bonchev–Trinajstić information content (AvgIpc) is 3.15. The average molecular weight is 393 g/mol. The molecule has 2 aliphatic heterocycles. The largest absolute Gasteiger partial charge is 0.353 e. The summed E-state index contributed by atoms with van der Waals surface area (Å²) >= 11 is 0. The number of piperazine rings is 1. The van der Waals surface area contributed by atoms with Gasteiger partial charge in [0.25, 0.3) is 0 Å². The molecule has 0 saturated carbocycles. The van der Waals surface area contributed by atoms with E-state index in [-0.39, 0.29) is 17.7 Å². The van der Waals surface area contributed by atoms with Crippen molar-refractivity contribution in [3.05, 3.63) is 54.2 Å². The van der Waals surface area contributed by atoms with Crippen LogP contribution in [0.15, 0.2) is 48.7 Å². The van der Waals surface area contributed by atoms with Crippen LogP contribution in [0.25, 0.3) is 0 Å². The molecule has 6 nitrogen and oxygen atoms in total. The van der Waals surface area contributed by atoms with Gasteiger partial charge in [0.1, 0.15) is 5.82 Å². The van der Waals surface area contributed by atoms with Gasteiger partial charge in [0.2, 0.25) is 11.8 Å². The zero-order chi connectivity index (χ0) is 20.4. The second kappa shape index (κ2) is 8.23. The van der Waals surface area contributed by atoms with Crippen LogP contribution in [0.2, 0.25) is 0 Å². The number of carbonyl (C=O) groups excluding carboxylic acids is 2. The van der Waals surface area contributed by atoms with Crippen molar-refractivity contribution in [1.29, 1.82) is 0 Å².